The number of rotatable bonds is 7. The number of nitrogens with one attached hydrogen (secondary N) is 1. The first-order valence-corrected chi connectivity index (χ1v) is 12.8. The van der Waals surface area contributed by atoms with Gasteiger partial charge in [-0.1, -0.05) is 12.1 Å². The SMILES string of the molecule is COc1cccc(CN2CCC(CNc3ncc(-c4ccsc4)c4nc(C(F)(F)F)ccc34)CC2)c1.Cl. The lowest BCUT2D eigenvalue weighted by Gasteiger charge is -2.32. The molecule has 0 aliphatic carbocycles. The zero-order chi connectivity index (χ0) is 25.1. The summed E-state index contributed by atoms with van der Waals surface area (Å²) in [5.74, 6) is 1.90. The second kappa shape index (κ2) is 11.7. The first kappa shape index (κ1) is 27.2. The fourth-order valence-electron chi connectivity index (χ4n) is 4.66. The number of hydrogen-bond acceptors (Lipinski definition) is 6. The Bertz CT molecular complexity index is 1330. The van der Waals surface area contributed by atoms with Crippen LogP contribution in [0.25, 0.3) is 22.0 Å². The normalized spacial score (nSPS) is 14.9. The van der Waals surface area contributed by atoms with Crippen LogP contribution in [0.5, 0.6) is 5.75 Å². The highest BCUT2D eigenvalue weighted by Crippen LogP contribution is 2.35. The number of nitrogens with zero attached hydrogens (tertiary/aromatic N) is 3. The van der Waals surface area contributed by atoms with E-state index in [1.807, 2.05) is 29.0 Å². The maximum atomic E-state index is 13.4. The lowest BCUT2D eigenvalue weighted by molar-refractivity contribution is -0.140. The van der Waals surface area contributed by atoms with Crippen LogP contribution in [-0.2, 0) is 12.7 Å². The van der Waals surface area contributed by atoms with Crippen LogP contribution in [0.1, 0.15) is 24.1 Å². The highest BCUT2D eigenvalue weighted by atomic mass is 35.5. The van der Waals surface area contributed by atoms with Crippen LogP contribution in [-0.4, -0.2) is 41.6 Å². The second-order valence-electron chi connectivity index (χ2n) is 9.07. The number of halogens is 4. The third kappa shape index (κ3) is 6.34. The summed E-state index contributed by atoms with van der Waals surface area (Å²) in [4.78, 5) is 11.0. The van der Waals surface area contributed by atoms with Crippen molar-refractivity contribution in [1.82, 2.24) is 14.9 Å². The first-order chi connectivity index (χ1) is 17.4. The van der Waals surface area contributed by atoms with E-state index in [2.05, 4.69) is 32.3 Å². The van der Waals surface area contributed by atoms with E-state index in [1.54, 1.807) is 13.3 Å². The van der Waals surface area contributed by atoms with Crippen LogP contribution in [0.4, 0.5) is 19.0 Å². The van der Waals surface area contributed by atoms with E-state index < -0.39 is 11.9 Å². The standard InChI is InChI=1S/C27H27F3N4OS.ClH/c1-35-21-4-2-3-19(13-21)16-34-10-7-18(8-11-34)14-31-26-22-5-6-24(27(28,29)30)33-25(22)23(15-32-26)20-9-12-36-17-20;/h2-6,9,12-13,15,17-18H,7-8,10-11,14,16H2,1H3,(H,31,32);1H. The molecule has 0 saturated carbocycles. The molecule has 5 nitrogen and oxygen atoms in total. The second-order valence-corrected chi connectivity index (χ2v) is 9.85. The summed E-state index contributed by atoms with van der Waals surface area (Å²) in [7, 11) is 1.68. The third-order valence-electron chi connectivity index (χ3n) is 6.66. The molecule has 1 aliphatic rings. The van der Waals surface area contributed by atoms with Crippen molar-refractivity contribution >= 4 is 40.5 Å². The monoisotopic (exact) mass is 548 g/mol. The fraction of sp³-hybridized carbons (Fsp3) is 0.333. The van der Waals surface area contributed by atoms with Gasteiger partial charge >= 0.3 is 6.18 Å². The molecule has 4 heterocycles. The minimum absolute atomic E-state index is 0. The Morgan fingerprint density at radius 2 is 1.95 bits per heavy atom. The summed E-state index contributed by atoms with van der Waals surface area (Å²) in [5, 5.41) is 7.79. The Morgan fingerprint density at radius 3 is 2.65 bits per heavy atom. The van der Waals surface area contributed by atoms with E-state index in [4.69, 9.17) is 4.74 Å². The maximum Gasteiger partial charge on any atom is 0.433 e. The Labute approximate surface area is 224 Å². The molecule has 0 radical (unpaired) electrons. The van der Waals surface area contributed by atoms with Gasteiger partial charge in [0.05, 0.1) is 12.6 Å². The third-order valence-corrected chi connectivity index (χ3v) is 7.34. The van der Waals surface area contributed by atoms with Crippen molar-refractivity contribution in [2.75, 3.05) is 32.1 Å². The van der Waals surface area contributed by atoms with E-state index in [9.17, 15) is 13.2 Å². The molecule has 10 heteroatoms. The molecular formula is C27H28ClF3N4OS. The van der Waals surface area contributed by atoms with Gasteiger partial charge in [0, 0.05) is 30.2 Å². The van der Waals surface area contributed by atoms with E-state index in [0.29, 0.717) is 34.7 Å². The number of aromatic nitrogens is 2. The number of methoxy groups -OCH3 is 1. The van der Waals surface area contributed by atoms with Crippen LogP contribution in [0.2, 0.25) is 0 Å². The summed E-state index contributed by atoms with van der Waals surface area (Å²) in [6.45, 7) is 3.59. The van der Waals surface area contributed by atoms with Crippen LogP contribution in [0.15, 0.2) is 59.4 Å². The molecule has 1 saturated heterocycles. The number of ether oxygens (including phenoxy) is 1. The Hall–Kier alpha value is -2.88. The number of benzene rings is 1. The van der Waals surface area contributed by atoms with Gasteiger partial charge in [0.25, 0.3) is 0 Å². The highest BCUT2D eigenvalue weighted by molar-refractivity contribution is 7.08. The topological polar surface area (TPSA) is 50.3 Å². The molecule has 1 fully saturated rings. The quantitative estimate of drug-likeness (QED) is 0.266. The molecule has 4 aromatic rings. The van der Waals surface area contributed by atoms with Crippen molar-refractivity contribution in [2.24, 2.45) is 5.92 Å². The summed E-state index contributed by atoms with van der Waals surface area (Å²) >= 11 is 1.48. The lowest BCUT2D eigenvalue weighted by Crippen LogP contribution is -2.35. The van der Waals surface area contributed by atoms with Crippen LogP contribution in [0, 0.1) is 5.92 Å². The Kier molecular flexibility index (Phi) is 8.56. The molecule has 3 aromatic heterocycles. The summed E-state index contributed by atoms with van der Waals surface area (Å²) in [5.41, 5.74) is 2.08. The van der Waals surface area contributed by atoms with Gasteiger partial charge in [0.2, 0.25) is 0 Å². The average Bonchev–Trinajstić information content (AvgIpc) is 3.42. The minimum Gasteiger partial charge on any atom is -0.497 e. The minimum atomic E-state index is -4.50. The van der Waals surface area contributed by atoms with Crippen LogP contribution in [0.3, 0.4) is 0 Å². The highest BCUT2D eigenvalue weighted by Gasteiger charge is 2.33. The van der Waals surface area contributed by atoms with Crippen molar-refractivity contribution in [2.45, 2.75) is 25.6 Å². The van der Waals surface area contributed by atoms with Gasteiger partial charge in [-0.3, -0.25) is 4.90 Å². The zero-order valence-electron chi connectivity index (χ0n) is 20.3. The number of fused-ring (bicyclic) bond motifs is 1. The number of hydrogen-bond donors (Lipinski definition) is 1. The molecule has 196 valence electrons. The van der Waals surface area contributed by atoms with E-state index in [1.165, 1.54) is 23.0 Å². The van der Waals surface area contributed by atoms with Crippen molar-refractivity contribution < 1.29 is 17.9 Å². The largest absolute Gasteiger partial charge is 0.497 e. The predicted molar refractivity (Wildman–Crippen MR) is 145 cm³/mol. The molecule has 0 amide bonds. The summed E-state index contributed by atoms with van der Waals surface area (Å²) in [6, 6.07) is 12.5. The number of alkyl halides is 3. The summed E-state index contributed by atoms with van der Waals surface area (Å²) in [6.07, 6.45) is -0.802. The number of likely N-dealkylation sites (tertiary alicyclic amines) is 1. The molecule has 0 unspecified atom stereocenters. The summed E-state index contributed by atoms with van der Waals surface area (Å²) < 4.78 is 45.5. The van der Waals surface area contributed by atoms with Gasteiger partial charge in [0.1, 0.15) is 17.3 Å². The van der Waals surface area contributed by atoms with Crippen molar-refractivity contribution in [3.05, 3.63) is 70.7 Å². The molecule has 0 bridgehead atoms. The molecule has 1 aromatic carbocycles. The molecule has 1 aliphatic heterocycles. The van der Waals surface area contributed by atoms with E-state index >= 15 is 0 Å². The first-order valence-electron chi connectivity index (χ1n) is 11.9. The fourth-order valence-corrected chi connectivity index (χ4v) is 5.32. The van der Waals surface area contributed by atoms with Gasteiger partial charge in [-0.05, 0) is 84.1 Å². The van der Waals surface area contributed by atoms with Gasteiger partial charge in [-0.25, -0.2) is 9.97 Å². The van der Waals surface area contributed by atoms with Crippen LogP contribution >= 0.6 is 23.7 Å². The van der Waals surface area contributed by atoms with Crippen molar-refractivity contribution in [3.8, 4) is 16.9 Å². The van der Waals surface area contributed by atoms with Gasteiger partial charge in [-0.15, -0.1) is 12.4 Å². The van der Waals surface area contributed by atoms with E-state index in [0.717, 1.165) is 49.9 Å². The average molecular weight is 549 g/mol. The molecule has 0 spiro atoms. The van der Waals surface area contributed by atoms with Crippen molar-refractivity contribution in [3.63, 3.8) is 0 Å². The molecule has 37 heavy (non-hydrogen) atoms. The molecule has 0 atom stereocenters. The van der Waals surface area contributed by atoms with Gasteiger partial charge < -0.3 is 10.1 Å². The Morgan fingerprint density at radius 1 is 1.14 bits per heavy atom. The van der Waals surface area contributed by atoms with Crippen molar-refractivity contribution in [1.29, 1.82) is 0 Å². The number of thiophene rings is 1. The van der Waals surface area contributed by atoms with Crippen LogP contribution < -0.4 is 10.1 Å². The molecule has 1 N–H and O–H groups in total. The molecule has 5 rings (SSSR count). The number of anilines is 1. The smallest absolute Gasteiger partial charge is 0.433 e. The zero-order valence-corrected chi connectivity index (χ0v) is 21.9. The maximum absolute atomic E-state index is 13.4. The van der Waals surface area contributed by atoms with Gasteiger partial charge in [0.15, 0.2) is 0 Å². The van der Waals surface area contributed by atoms with Gasteiger partial charge in [-0.2, -0.15) is 24.5 Å². The number of pyridine rings is 2. The number of piperidine rings is 1. The molecular weight excluding hydrogens is 521 g/mol. The Balaban J connectivity index is 0.00000320. The predicted octanol–water partition coefficient (Wildman–Crippen LogP) is 7.13. The van der Waals surface area contributed by atoms with E-state index in [-0.39, 0.29) is 12.4 Å². The lowest BCUT2D eigenvalue weighted by atomic mass is 9.96.